The van der Waals surface area contributed by atoms with Gasteiger partial charge in [-0.05, 0) is 4.81 Å². The first-order valence-corrected chi connectivity index (χ1v) is 4.52. The number of hydrogen-bond donors (Lipinski definition) is 0. The minimum absolute atomic E-state index is 0.111. The highest BCUT2D eigenvalue weighted by molar-refractivity contribution is 4.66. The van der Waals surface area contributed by atoms with Crippen molar-refractivity contribution in [1.82, 2.24) is 0 Å². The second-order valence-electron chi connectivity index (χ2n) is 3.75. The van der Waals surface area contributed by atoms with Crippen LogP contribution in [0.4, 0.5) is 0 Å². The molecule has 5 nitrogen and oxygen atoms in total. The van der Waals surface area contributed by atoms with Gasteiger partial charge in [0.1, 0.15) is 39.5 Å². The Kier molecular flexibility index (Phi) is 2.53. The number of quaternary nitrogens is 1. The van der Waals surface area contributed by atoms with E-state index in [1.807, 2.05) is 14.1 Å². The Labute approximate surface area is 77.6 Å². The van der Waals surface area contributed by atoms with Crippen LogP contribution in [0.2, 0.25) is 0 Å². The topological polar surface area (TPSA) is 43.5 Å². The molecule has 2 rings (SSSR count). The van der Waals surface area contributed by atoms with Crippen LogP contribution in [0.15, 0.2) is 0 Å². The van der Waals surface area contributed by atoms with E-state index < -0.39 is 0 Å². The van der Waals surface area contributed by atoms with E-state index in [0.29, 0.717) is 13.2 Å². The maximum absolute atomic E-state index is 5.47. The number of ether oxygens (including phenoxy) is 2. The largest absolute Gasteiger partial charge is 0.370 e. The molecule has 2 unspecified atom stereocenters. The van der Waals surface area contributed by atoms with Crippen LogP contribution in [-0.2, 0) is 19.1 Å². The fourth-order valence-corrected chi connectivity index (χ4v) is 0.891. The Bertz CT molecular complexity index is 159. The summed E-state index contributed by atoms with van der Waals surface area (Å²) in [6, 6.07) is 0. The normalized spacial score (nSPS) is 31.8. The summed E-state index contributed by atoms with van der Waals surface area (Å²) in [5.41, 5.74) is 0. The third-order valence-electron chi connectivity index (χ3n) is 1.95. The summed E-state index contributed by atoms with van der Waals surface area (Å²) < 4.78 is 10.1. The van der Waals surface area contributed by atoms with E-state index in [2.05, 4.69) is 0 Å². The molecular formula is C8H16NO4+. The van der Waals surface area contributed by atoms with Crippen molar-refractivity contribution in [2.75, 3.05) is 40.5 Å². The van der Waals surface area contributed by atoms with E-state index in [9.17, 15) is 0 Å². The lowest BCUT2D eigenvalue weighted by Gasteiger charge is -2.23. The first-order valence-electron chi connectivity index (χ1n) is 4.52. The highest BCUT2D eigenvalue weighted by Crippen LogP contribution is 2.14. The van der Waals surface area contributed by atoms with Crippen molar-refractivity contribution in [3.63, 3.8) is 0 Å². The predicted octanol–water partition coefficient (Wildman–Crippen LogP) is -0.276. The van der Waals surface area contributed by atoms with Crippen LogP contribution in [0.3, 0.4) is 0 Å². The summed E-state index contributed by atoms with van der Waals surface area (Å²) in [4.78, 5) is 11.0. The highest BCUT2D eigenvalue weighted by Gasteiger charge is 2.32. The predicted molar refractivity (Wildman–Crippen MR) is 43.5 cm³/mol. The molecule has 2 aliphatic rings. The van der Waals surface area contributed by atoms with E-state index >= 15 is 0 Å². The molecule has 76 valence electrons. The standard InChI is InChI=1S/C8H16NO4/c1-9(2,12-5-7-3-10-7)13-6-8-4-11-8/h7-8H,3-6H2,1-2H3/q+1. The number of rotatable bonds is 6. The van der Waals surface area contributed by atoms with Gasteiger partial charge in [-0.3, -0.25) is 0 Å². The molecule has 2 saturated heterocycles. The van der Waals surface area contributed by atoms with E-state index in [1.54, 1.807) is 0 Å². The maximum Gasteiger partial charge on any atom is 0.139 e. The SMILES string of the molecule is C[N+](C)(OCC1CO1)OCC1CO1. The van der Waals surface area contributed by atoms with Crippen LogP contribution in [0, 0.1) is 0 Å². The molecule has 0 amide bonds. The van der Waals surface area contributed by atoms with Crippen molar-refractivity contribution in [2.45, 2.75) is 12.2 Å². The molecule has 0 saturated carbocycles. The fraction of sp³-hybridized carbons (Fsp3) is 1.00. The third kappa shape index (κ3) is 3.58. The monoisotopic (exact) mass is 190 g/mol. The number of hydroxylamine groups is 4. The van der Waals surface area contributed by atoms with Gasteiger partial charge in [-0.2, -0.15) is 9.68 Å². The zero-order valence-corrected chi connectivity index (χ0v) is 8.06. The van der Waals surface area contributed by atoms with Crippen molar-refractivity contribution in [3.05, 3.63) is 0 Å². The van der Waals surface area contributed by atoms with Crippen LogP contribution >= 0.6 is 0 Å². The van der Waals surface area contributed by atoms with Crippen molar-refractivity contribution < 1.29 is 24.0 Å². The molecule has 0 N–H and O–H groups in total. The summed E-state index contributed by atoms with van der Waals surface area (Å²) in [7, 11) is 3.70. The van der Waals surface area contributed by atoms with Gasteiger partial charge in [0.2, 0.25) is 0 Å². The van der Waals surface area contributed by atoms with Crippen LogP contribution in [0.1, 0.15) is 0 Å². The number of nitrogens with zero attached hydrogens (tertiary/aromatic N) is 1. The van der Waals surface area contributed by atoms with Gasteiger partial charge in [-0.25, -0.2) is 0 Å². The Hall–Kier alpha value is -0.200. The Morgan fingerprint density at radius 2 is 1.46 bits per heavy atom. The van der Waals surface area contributed by atoms with Crippen LogP contribution < -0.4 is 0 Å². The lowest BCUT2D eigenvalue weighted by molar-refractivity contribution is -1.22. The van der Waals surface area contributed by atoms with Gasteiger partial charge in [-0.15, -0.1) is 0 Å². The van der Waals surface area contributed by atoms with Crippen molar-refractivity contribution in [2.24, 2.45) is 0 Å². The van der Waals surface area contributed by atoms with Crippen molar-refractivity contribution in [3.8, 4) is 0 Å². The van der Waals surface area contributed by atoms with Gasteiger partial charge in [0.15, 0.2) is 0 Å². The Morgan fingerprint density at radius 3 is 1.77 bits per heavy atom. The minimum atomic E-state index is 0.111. The third-order valence-corrected chi connectivity index (χ3v) is 1.95. The molecule has 0 aliphatic carbocycles. The summed E-state index contributed by atoms with van der Waals surface area (Å²) >= 11 is 0. The Balaban J connectivity index is 1.60. The van der Waals surface area contributed by atoms with Gasteiger partial charge >= 0.3 is 0 Å². The van der Waals surface area contributed by atoms with Crippen LogP contribution in [-0.4, -0.2) is 57.5 Å². The molecule has 2 atom stereocenters. The smallest absolute Gasteiger partial charge is 0.139 e. The lowest BCUT2D eigenvalue weighted by atomic mass is 10.5. The van der Waals surface area contributed by atoms with Gasteiger partial charge in [0.25, 0.3) is 0 Å². The van der Waals surface area contributed by atoms with Crippen molar-refractivity contribution >= 4 is 0 Å². The van der Waals surface area contributed by atoms with Gasteiger partial charge in [0, 0.05) is 0 Å². The first kappa shape index (κ1) is 9.36. The molecule has 0 radical (unpaired) electrons. The summed E-state index contributed by atoms with van der Waals surface area (Å²) in [5, 5.41) is 0. The molecule has 0 aromatic heterocycles. The molecule has 5 heteroatoms. The van der Waals surface area contributed by atoms with Crippen molar-refractivity contribution in [1.29, 1.82) is 0 Å². The average Bonchev–Trinajstić information content (AvgIpc) is 2.92. The molecule has 2 aliphatic heterocycles. The molecule has 2 heterocycles. The molecular weight excluding hydrogens is 174 g/mol. The zero-order valence-electron chi connectivity index (χ0n) is 8.06. The van der Waals surface area contributed by atoms with Gasteiger partial charge < -0.3 is 9.47 Å². The Morgan fingerprint density at radius 1 is 1.08 bits per heavy atom. The van der Waals surface area contributed by atoms with E-state index in [4.69, 9.17) is 19.1 Å². The lowest BCUT2D eigenvalue weighted by Crippen LogP contribution is -2.41. The molecule has 0 spiro atoms. The van der Waals surface area contributed by atoms with Gasteiger partial charge in [0.05, 0.1) is 13.2 Å². The molecule has 0 aromatic rings. The van der Waals surface area contributed by atoms with Crippen LogP contribution in [0.25, 0.3) is 0 Å². The summed E-state index contributed by atoms with van der Waals surface area (Å²) in [6.07, 6.45) is 0.552. The highest BCUT2D eigenvalue weighted by atomic mass is 17.0. The summed E-state index contributed by atoms with van der Waals surface area (Å²) in [5.74, 6) is 0. The van der Waals surface area contributed by atoms with Crippen LogP contribution in [0.5, 0.6) is 0 Å². The zero-order chi connectivity index (χ0) is 9.31. The second-order valence-corrected chi connectivity index (χ2v) is 3.75. The quantitative estimate of drug-likeness (QED) is 0.328. The summed E-state index contributed by atoms with van der Waals surface area (Å²) in [6.45, 7) is 2.81. The molecule has 0 aromatic carbocycles. The first-order chi connectivity index (χ1) is 6.16. The molecule has 13 heavy (non-hydrogen) atoms. The number of hydrogen-bond acceptors (Lipinski definition) is 4. The molecule has 2 fully saturated rings. The maximum atomic E-state index is 5.47. The van der Waals surface area contributed by atoms with Gasteiger partial charge in [-0.1, -0.05) is 0 Å². The van der Waals surface area contributed by atoms with E-state index in [-0.39, 0.29) is 17.0 Å². The number of epoxide rings is 2. The second kappa shape index (κ2) is 3.51. The fourth-order valence-electron chi connectivity index (χ4n) is 0.891. The van der Waals surface area contributed by atoms with E-state index in [0.717, 1.165) is 13.2 Å². The minimum Gasteiger partial charge on any atom is -0.370 e. The van der Waals surface area contributed by atoms with E-state index in [1.165, 1.54) is 0 Å². The average molecular weight is 190 g/mol. The molecule has 0 bridgehead atoms.